The van der Waals surface area contributed by atoms with Gasteiger partial charge in [-0.15, -0.1) is 0 Å². The van der Waals surface area contributed by atoms with E-state index in [9.17, 15) is 18.4 Å². The lowest BCUT2D eigenvalue weighted by Crippen LogP contribution is -2.40. The van der Waals surface area contributed by atoms with E-state index in [4.69, 9.17) is 5.73 Å². The molecule has 2 rings (SSSR count). The van der Waals surface area contributed by atoms with Crippen LogP contribution in [-0.2, 0) is 16.1 Å². The number of benzene rings is 2. The van der Waals surface area contributed by atoms with Crippen LogP contribution in [0.5, 0.6) is 0 Å². The molecule has 0 radical (unpaired) electrons. The SMILES string of the molecule is CN(CC(=O)N(CCC(N)=O)c1ccc(F)cc1)Cc1ccccc1F. The minimum atomic E-state index is -0.537. The maximum atomic E-state index is 13.7. The van der Waals surface area contributed by atoms with Gasteiger partial charge >= 0.3 is 0 Å². The van der Waals surface area contributed by atoms with Gasteiger partial charge in [-0.2, -0.15) is 0 Å². The number of halogens is 2. The number of primary amides is 1. The Labute approximate surface area is 151 Å². The van der Waals surface area contributed by atoms with Crippen LogP contribution in [0.2, 0.25) is 0 Å². The van der Waals surface area contributed by atoms with Crippen molar-refractivity contribution in [2.75, 3.05) is 25.0 Å². The first-order valence-electron chi connectivity index (χ1n) is 8.13. The van der Waals surface area contributed by atoms with Crippen LogP contribution in [0, 0.1) is 11.6 Å². The molecule has 7 heteroatoms. The zero-order valence-corrected chi connectivity index (χ0v) is 14.5. The van der Waals surface area contributed by atoms with Gasteiger partial charge in [0.2, 0.25) is 11.8 Å². The van der Waals surface area contributed by atoms with Crippen LogP contribution in [-0.4, -0.2) is 36.9 Å². The summed E-state index contributed by atoms with van der Waals surface area (Å²) in [5.41, 5.74) is 6.12. The second-order valence-corrected chi connectivity index (χ2v) is 6.00. The highest BCUT2D eigenvalue weighted by molar-refractivity contribution is 5.95. The van der Waals surface area contributed by atoms with Crippen LogP contribution in [0.4, 0.5) is 14.5 Å². The molecule has 2 N–H and O–H groups in total. The molecule has 2 amide bonds. The molecule has 0 fully saturated rings. The summed E-state index contributed by atoms with van der Waals surface area (Å²) in [6, 6.07) is 11.8. The number of carbonyl (C=O) groups excluding carboxylic acids is 2. The van der Waals surface area contributed by atoms with Gasteiger partial charge in [0, 0.05) is 30.8 Å². The first kappa shape index (κ1) is 19.5. The minimum Gasteiger partial charge on any atom is -0.370 e. The van der Waals surface area contributed by atoms with Gasteiger partial charge in [-0.05, 0) is 37.4 Å². The third-order valence-corrected chi connectivity index (χ3v) is 3.82. The molecule has 2 aromatic carbocycles. The van der Waals surface area contributed by atoms with E-state index in [1.54, 1.807) is 30.1 Å². The van der Waals surface area contributed by atoms with Crippen LogP contribution in [0.1, 0.15) is 12.0 Å². The average molecular weight is 361 g/mol. The minimum absolute atomic E-state index is 0.00444. The molecule has 2 aromatic rings. The topological polar surface area (TPSA) is 66.6 Å². The molecule has 5 nitrogen and oxygen atoms in total. The molecule has 0 aliphatic heterocycles. The van der Waals surface area contributed by atoms with E-state index in [0.29, 0.717) is 11.3 Å². The van der Waals surface area contributed by atoms with E-state index in [-0.39, 0.29) is 37.8 Å². The van der Waals surface area contributed by atoms with Gasteiger partial charge in [-0.1, -0.05) is 18.2 Å². The summed E-state index contributed by atoms with van der Waals surface area (Å²) in [7, 11) is 1.70. The van der Waals surface area contributed by atoms with Crippen molar-refractivity contribution < 1.29 is 18.4 Å². The molecular formula is C19H21F2N3O2. The molecule has 0 saturated heterocycles. The largest absolute Gasteiger partial charge is 0.370 e. The molecule has 0 unspecified atom stereocenters. The molecule has 26 heavy (non-hydrogen) atoms. The fraction of sp³-hybridized carbons (Fsp3) is 0.263. The maximum Gasteiger partial charge on any atom is 0.241 e. The van der Waals surface area contributed by atoms with Gasteiger partial charge < -0.3 is 10.6 Å². The standard InChI is InChI=1S/C19H21F2N3O2/c1-23(12-14-4-2-3-5-17(14)21)13-19(26)24(11-10-18(22)25)16-8-6-15(20)7-9-16/h2-9H,10-13H2,1H3,(H2,22,25). The Hall–Kier alpha value is -2.80. The molecule has 0 saturated carbocycles. The van der Waals surface area contributed by atoms with Crippen molar-refractivity contribution in [1.29, 1.82) is 0 Å². The predicted molar refractivity (Wildman–Crippen MR) is 95.3 cm³/mol. The first-order valence-corrected chi connectivity index (χ1v) is 8.13. The number of anilines is 1. The summed E-state index contributed by atoms with van der Waals surface area (Å²) in [5.74, 6) is -1.59. The normalized spacial score (nSPS) is 10.8. The maximum absolute atomic E-state index is 13.7. The number of nitrogens with zero attached hydrogens (tertiary/aromatic N) is 2. The van der Waals surface area contributed by atoms with Crippen LogP contribution in [0.3, 0.4) is 0 Å². The monoisotopic (exact) mass is 361 g/mol. The van der Waals surface area contributed by atoms with Crippen molar-refractivity contribution in [1.82, 2.24) is 4.90 Å². The number of rotatable bonds is 8. The molecule has 0 aliphatic rings. The number of nitrogens with two attached hydrogens (primary N) is 1. The van der Waals surface area contributed by atoms with E-state index >= 15 is 0 Å². The quantitative estimate of drug-likeness (QED) is 0.785. The van der Waals surface area contributed by atoms with Gasteiger partial charge in [-0.25, -0.2) is 8.78 Å². The summed E-state index contributed by atoms with van der Waals surface area (Å²) < 4.78 is 26.9. The number of likely N-dealkylation sites (N-methyl/N-ethyl adjacent to an activating group) is 1. The van der Waals surface area contributed by atoms with E-state index in [1.807, 2.05) is 0 Å². The van der Waals surface area contributed by atoms with Gasteiger partial charge in [0.25, 0.3) is 0 Å². The molecule has 0 aliphatic carbocycles. The van der Waals surface area contributed by atoms with Crippen LogP contribution < -0.4 is 10.6 Å². The molecule has 0 spiro atoms. The van der Waals surface area contributed by atoms with Crippen LogP contribution >= 0.6 is 0 Å². The molecule has 0 bridgehead atoms. The summed E-state index contributed by atoms with van der Waals surface area (Å²) >= 11 is 0. The average Bonchev–Trinajstić information content (AvgIpc) is 2.58. The lowest BCUT2D eigenvalue weighted by atomic mass is 10.2. The Morgan fingerprint density at radius 3 is 2.31 bits per heavy atom. The lowest BCUT2D eigenvalue weighted by Gasteiger charge is -2.25. The van der Waals surface area contributed by atoms with Crippen molar-refractivity contribution in [2.45, 2.75) is 13.0 Å². The Morgan fingerprint density at radius 2 is 1.69 bits per heavy atom. The molecule has 0 heterocycles. The summed E-state index contributed by atoms with van der Waals surface area (Å²) in [6.45, 7) is 0.350. The molecular weight excluding hydrogens is 340 g/mol. The van der Waals surface area contributed by atoms with Gasteiger partial charge in [0.05, 0.1) is 6.54 Å². The molecule has 0 aromatic heterocycles. The Kier molecular flexibility index (Phi) is 6.80. The highest BCUT2D eigenvalue weighted by atomic mass is 19.1. The van der Waals surface area contributed by atoms with Crippen molar-refractivity contribution in [2.24, 2.45) is 5.73 Å². The Bertz CT molecular complexity index is 766. The van der Waals surface area contributed by atoms with E-state index in [1.165, 1.54) is 35.2 Å². The van der Waals surface area contributed by atoms with E-state index < -0.39 is 11.7 Å². The van der Waals surface area contributed by atoms with Crippen molar-refractivity contribution >= 4 is 17.5 Å². The fourth-order valence-corrected chi connectivity index (χ4v) is 2.53. The van der Waals surface area contributed by atoms with Crippen LogP contribution in [0.25, 0.3) is 0 Å². The van der Waals surface area contributed by atoms with Gasteiger partial charge in [-0.3, -0.25) is 14.5 Å². The van der Waals surface area contributed by atoms with Crippen molar-refractivity contribution in [3.63, 3.8) is 0 Å². The lowest BCUT2D eigenvalue weighted by molar-refractivity contribution is -0.120. The Morgan fingerprint density at radius 1 is 1.04 bits per heavy atom. The second kappa shape index (κ2) is 9.05. The highest BCUT2D eigenvalue weighted by Gasteiger charge is 2.19. The summed E-state index contributed by atoms with van der Waals surface area (Å²) in [4.78, 5) is 26.8. The predicted octanol–water partition coefficient (Wildman–Crippen LogP) is 2.31. The zero-order valence-electron chi connectivity index (χ0n) is 14.5. The molecule has 0 atom stereocenters. The third kappa shape index (κ3) is 5.63. The zero-order chi connectivity index (χ0) is 19.1. The van der Waals surface area contributed by atoms with Gasteiger partial charge in [0.1, 0.15) is 11.6 Å². The number of amides is 2. The van der Waals surface area contributed by atoms with Crippen LogP contribution in [0.15, 0.2) is 48.5 Å². The van der Waals surface area contributed by atoms with E-state index in [0.717, 1.165) is 0 Å². The smallest absolute Gasteiger partial charge is 0.241 e. The third-order valence-electron chi connectivity index (χ3n) is 3.82. The van der Waals surface area contributed by atoms with Crippen molar-refractivity contribution in [3.05, 3.63) is 65.7 Å². The summed E-state index contributed by atoms with van der Waals surface area (Å²) in [6.07, 6.45) is -0.0137. The summed E-state index contributed by atoms with van der Waals surface area (Å²) in [5, 5.41) is 0. The number of hydrogen-bond acceptors (Lipinski definition) is 3. The molecule has 138 valence electrons. The van der Waals surface area contributed by atoms with Gasteiger partial charge in [0.15, 0.2) is 0 Å². The second-order valence-electron chi connectivity index (χ2n) is 6.00. The first-order chi connectivity index (χ1) is 12.4. The number of carbonyl (C=O) groups is 2. The highest BCUT2D eigenvalue weighted by Crippen LogP contribution is 2.16. The van der Waals surface area contributed by atoms with E-state index in [2.05, 4.69) is 0 Å². The fourth-order valence-electron chi connectivity index (χ4n) is 2.53. The van der Waals surface area contributed by atoms with Crippen molar-refractivity contribution in [3.8, 4) is 0 Å². The Balaban J connectivity index is 2.08. The number of hydrogen-bond donors (Lipinski definition) is 1.